The molecule has 0 aliphatic heterocycles. The summed E-state index contributed by atoms with van der Waals surface area (Å²) in [6.45, 7) is 6.04. The first kappa shape index (κ1) is 23.7. The Morgan fingerprint density at radius 2 is 1.80 bits per heavy atom. The summed E-state index contributed by atoms with van der Waals surface area (Å²) in [7, 11) is 1.74. The molecule has 6 nitrogen and oxygen atoms in total. The van der Waals surface area contributed by atoms with Gasteiger partial charge >= 0.3 is 0 Å². The summed E-state index contributed by atoms with van der Waals surface area (Å²) in [4.78, 5) is 8.75. The molecule has 0 radical (unpaired) electrons. The molecule has 0 saturated heterocycles. The van der Waals surface area contributed by atoms with E-state index in [4.69, 9.17) is 9.15 Å². The van der Waals surface area contributed by atoms with E-state index in [1.807, 2.05) is 48.5 Å². The fraction of sp³-hybridized carbons (Fsp3) is 0.304. The van der Waals surface area contributed by atoms with E-state index in [9.17, 15) is 0 Å². The van der Waals surface area contributed by atoms with E-state index in [0.717, 1.165) is 17.0 Å². The summed E-state index contributed by atoms with van der Waals surface area (Å²) in [6, 6.07) is 18.0. The van der Waals surface area contributed by atoms with Crippen LogP contribution in [0.5, 0.6) is 5.75 Å². The Hall–Kier alpha value is -2.55. The number of rotatable bonds is 8. The van der Waals surface area contributed by atoms with Gasteiger partial charge in [-0.05, 0) is 29.7 Å². The molecule has 1 heterocycles. The van der Waals surface area contributed by atoms with Gasteiger partial charge in [-0.1, -0.05) is 50.2 Å². The van der Waals surface area contributed by atoms with Gasteiger partial charge in [0.2, 0.25) is 5.89 Å². The Bertz CT molecular complexity index is 926. The van der Waals surface area contributed by atoms with Crippen LogP contribution in [0.4, 0.5) is 0 Å². The molecule has 2 aromatic carbocycles. The van der Waals surface area contributed by atoms with E-state index in [1.54, 1.807) is 13.3 Å². The number of nitrogens with one attached hydrogen (secondary N) is 2. The van der Waals surface area contributed by atoms with E-state index in [-0.39, 0.29) is 24.0 Å². The minimum Gasteiger partial charge on any atom is -0.491 e. The second-order valence-electron chi connectivity index (χ2n) is 6.90. The number of guanidine groups is 1. The van der Waals surface area contributed by atoms with Crippen molar-refractivity contribution < 1.29 is 9.15 Å². The highest BCUT2D eigenvalue weighted by Gasteiger charge is 2.08. The molecule has 2 N–H and O–H groups in total. The third-order valence-electron chi connectivity index (χ3n) is 4.43. The number of nitrogens with zero attached hydrogens (tertiary/aromatic N) is 2. The molecule has 0 aliphatic rings. The monoisotopic (exact) mass is 520 g/mol. The van der Waals surface area contributed by atoms with Crippen molar-refractivity contribution in [3.8, 4) is 17.2 Å². The minimum atomic E-state index is 0. The van der Waals surface area contributed by atoms with Crippen LogP contribution in [0.1, 0.15) is 31.0 Å². The number of benzene rings is 2. The summed E-state index contributed by atoms with van der Waals surface area (Å²) >= 11 is 0. The Morgan fingerprint density at radius 3 is 2.53 bits per heavy atom. The standard InChI is InChI=1S/C23H28N4O2.HI/c1-17(2)20-11-7-8-12-21(20)28-14-13-25-23(24-3)26-15-19-16-29-22(27-19)18-9-5-4-6-10-18;/h4-12,16-17H,13-15H2,1-3H3,(H2,24,25,26);1H. The molecule has 0 fully saturated rings. The zero-order chi connectivity index (χ0) is 20.5. The molecule has 0 spiro atoms. The van der Waals surface area contributed by atoms with Crippen LogP contribution in [0.2, 0.25) is 0 Å². The fourth-order valence-electron chi connectivity index (χ4n) is 2.92. The van der Waals surface area contributed by atoms with Gasteiger partial charge in [-0.3, -0.25) is 4.99 Å². The van der Waals surface area contributed by atoms with Gasteiger partial charge in [-0.15, -0.1) is 24.0 Å². The van der Waals surface area contributed by atoms with Crippen molar-refractivity contribution in [1.29, 1.82) is 0 Å². The van der Waals surface area contributed by atoms with Crippen LogP contribution in [0, 0.1) is 0 Å². The van der Waals surface area contributed by atoms with Crippen LogP contribution in [-0.4, -0.2) is 31.1 Å². The summed E-state index contributed by atoms with van der Waals surface area (Å²) in [6.07, 6.45) is 1.66. The van der Waals surface area contributed by atoms with Crippen LogP contribution in [0.25, 0.3) is 11.5 Å². The van der Waals surface area contributed by atoms with Gasteiger partial charge in [-0.2, -0.15) is 0 Å². The number of aromatic nitrogens is 1. The smallest absolute Gasteiger partial charge is 0.226 e. The van der Waals surface area contributed by atoms with Crippen LogP contribution in [0.3, 0.4) is 0 Å². The topological polar surface area (TPSA) is 71.7 Å². The van der Waals surface area contributed by atoms with Gasteiger partial charge in [0.25, 0.3) is 0 Å². The Balaban J connectivity index is 0.00000320. The van der Waals surface area contributed by atoms with Crippen molar-refractivity contribution in [2.24, 2.45) is 4.99 Å². The zero-order valence-corrected chi connectivity index (χ0v) is 19.9. The van der Waals surface area contributed by atoms with Crippen molar-refractivity contribution in [3.63, 3.8) is 0 Å². The van der Waals surface area contributed by atoms with Gasteiger partial charge in [0, 0.05) is 12.6 Å². The third kappa shape index (κ3) is 6.76. The molecule has 0 unspecified atom stereocenters. The molecule has 3 rings (SSSR count). The van der Waals surface area contributed by atoms with E-state index >= 15 is 0 Å². The molecule has 3 aromatic rings. The molecule has 0 amide bonds. The second kappa shape index (κ2) is 12.2. The maximum Gasteiger partial charge on any atom is 0.226 e. The second-order valence-corrected chi connectivity index (χ2v) is 6.90. The molecular weight excluding hydrogens is 491 g/mol. The Morgan fingerprint density at radius 1 is 1.07 bits per heavy atom. The van der Waals surface area contributed by atoms with Gasteiger partial charge in [0.15, 0.2) is 5.96 Å². The summed E-state index contributed by atoms with van der Waals surface area (Å²) in [5.41, 5.74) is 2.99. The van der Waals surface area contributed by atoms with E-state index < -0.39 is 0 Å². The summed E-state index contributed by atoms with van der Waals surface area (Å²) < 4.78 is 11.5. The maximum absolute atomic E-state index is 5.94. The highest BCUT2D eigenvalue weighted by Crippen LogP contribution is 2.25. The number of halogens is 1. The predicted molar refractivity (Wildman–Crippen MR) is 132 cm³/mol. The fourth-order valence-corrected chi connectivity index (χ4v) is 2.92. The molecular formula is C23H29IN4O2. The lowest BCUT2D eigenvalue weighted by Crippen LogP contribution is -2.39. The van der Waals surface area contributed by atoms with E-state index in [2.05, 4.69) is 40.5 Å². The van der Waals surface area contributed by atoms with Gasteiger partial charge in [0.05, 0.1) is 18.8 Å². The van der Waals surface area contributed by atoms with E-state index in [1.165, 1.54) is 5.56 Å². The lowest BCUT2D eigenvalue weighted by atomic mass is 10.0. The van der Waals surface area contributed by atoms with Crippen LogP contribution in [0.15, 0.2) is 70.3 Å². The SMILES string of the molecule is CN=C(NCCOc1ccccc1C(C)C)NCc1coc(-c2ccccc2)n1.I. The zero-order valence-electron chi connectivity index (χ0n) is 17.6. The predicted octanol–water partition coefficient (Wildman–Crippen LogP) is 4.83. The molecule has 160 valence electrons. The third-order valence-corrected chi connectivity index (χ3v) is 4.43. The highest BCUT2D eigenvalue weighted by atomic mass is 127. The van der Waals surface area contributed by atoms with Crippen LogP contribution in [-0.2, 0) is 6.54 Å². The van der Waals surface area contributed by atoms with Crippen molar-refractivity contribution in [1.82, 2.24) is 15.6 Å². The Labute approximate surface area is 195 Å². The van der Waals surface area contributed by atoms with Gasteiger partial charge in [-0.25, -0.2) is 4.98 Å². The van der Waals surface area contributed by atoms with Gasteiger partial charge in [0.1, 0.15) is 18.6 Å². The molecule has 0 aliphatic carbocycles. The minimum absolute atomic E-state index is 0. The first-order chi connectivity index (χ1) is 14.2. The van der Waals surface area contributed by atoms with Crippen LogP contribution < -0.4 is 15.4 Å². The molecule has 0 atom stereocenters. The Kier molecular flexibility index (Phi) is 9.66. The molecule has 1 aromatic heterocycles. The number of aliphatic imine (C=N–C) groups is 1. The van der Waals surface area contributed by atoms with Crippen LogP contribution >= 0.6 is 24.0 Å². The highest BCUT2D eigenvalue weighted by molar-refractivity contribution is 14.0. The largest absolute Gasteiger partial charge is 0.491 e. The van der Waals surface area contributed by atoms with E-state index in [0.29, 0.717) is 37.5 Å². The van der Waals surface area contributed by atoms with Crippen molar-refractivity contribution >= 4 is 29.9 Å². The lowest BCUT2D eigenvalue weighted by molar-refractivity contribution is 0.317. The first-order valence-electron chi connectivity index (χ1n) is 9.83. The van der Waals surface area contributed by atoms with Crippen molar-refractivity contribution in [3.05, 3.63) is 72.1 Å². The summed E-state index contributed by atoms with van der Waals surface area (Å²) in [5, 5.41) is 6.49. The van der Waals surface area contributed by atoms with Crippen molar-refractivity contribution in [2.75, 3.05) is 20.2 Å². The number of hydrogen-bond donors (Lipinski definition) is 2. The maximum atomic E-state index is 5.94. The van der Waals surface area contributed by atoms with Gasteiger partial charge < -0.3 is 19.8 Å². The average Bonchev–Trinajstić information content (AvgIpc) is 3.23. The number of oxazole rings is 1. The van der Waals surface area contributed by atoms with Crippen molar-refractivity contribution in [2.45, 2.75) is 26.3 Å². The molecule has 0 saturated carbocycles. The number of hydrogen-bond acceptors (Lipinski definition) is 4. The molecule has 30 heavy (non-hydrogen) atoms. The first-order valence-corrected chi connectivity index (χ1v) is 9.83. The quantitative estimate of drug-likeness (QED) is 0.193. The number of para-hydroxylation sites is 1. The molecule has 7 heteroatoms. The lowest BCUT2D eigenvalue weighted by Gasteiger charge is -2.15. The average molecular weight is 520 g/mol. The summed E-state index contributed by atoms with van der Waals surface area (Å²) in [5.74, 6) is 2.66. The molecule has 0 bridgehead atoms. The normalized spacial score (nSPS) is 11.1. The number of ether oxygens (including phenoxy) is 1.